The van der Waals surface area contributed by atoms with Crippen molar-refractivity contribution in [3.8, 4) is 0 Å². The van der Waals surface area contributed by atoms with Gasteiger partial charge in [-0.2, -0.15) is 0 Å². The molecule has 2 aliphatic rings. The topological polar surface area (TPSA) is 48.1 Å². The van der Waals surface area contributed by atoms with E-state index < -0.39 is 0 Å². The molecule has 0 aromatic rings. The summed E-state index contributed by atoms with van der Waals surface area (Å²) in [6, 6.07) is 0. The molecule has 1 saturated carbocycles. The van der Waals surface area contributed by atoms with Gasteiger partial charge in [0.15, 0.2) is 0 Å². The van der Waals surface area contributed by atoms with Crippen molar-refractivity contribution < 1.29 is 19.0 Å². The molecule has 0 N–H and O–H groups in total. The normalized spacial score (nSPS) is 32.7. The SMILES string of the molecule is C=C(COCC1CCC(C2OC2C)CC1)C(=O)OCC. The lowest BCUT2D eigenvalue weighted by Crippen LogP contribution is -2.23. The van der Waals surface area contributed by atoms with Crippen molar-refractivity contribution in [2.45, 2.75) is 51.7 Å². The van der Waals surface area contributed by atoms with Crippen molar-refractivity contribution >= 4 is 5.97 Å². The van der Waals surface area contributed by atoms with Crippen LogP contribution in [-0.4, -0.2) is 38.0 Å². The molecule has 0 aromatic heterocycles. The summed E-state index contributed by atoms with van der Waals surface area (Å²) >= 11 is 0. The summed E-state index contributed by atoms with van der Waals surface area (Å²) < 4.78 is 16.0. The zero-order chi connectivity index (χ0) is 14.5. The van der Waals surface area contributed by atoms with Gasteiger partial charge in [-0.1, -0.05) is 6.58 Å². The molecular weight excluding hydrogens is 256 g/mol. The minimum Gasteiger partial charge on any atom is -0.463 e. The van der Waals surface area contributed by atoms with Crippen LogP contribution in [0.25, 0.3) is 0 Å². The number of esters is 1. The minimum atomic E-state index is -0.351. The van der Waals surface area contributed by atoms with Crippen molar-refractivity contribution in [3.05, 3.63) is 12.2 Å². The smallest absolute Gasteiger partial charge is 0.335 e. The van der Waals surface area contributed by atoms with Crippen molar-refractivity contribution in [2.24, 2.45) is 11.8 Å². The molecule has 2 unspecified atom stereocenters. The second-order valence-corrected chi connectivity index (χ2v) is 5.93. The Hall–Kier alpha value is -0.870. The number of hydrogen-bond acceptors (Lipinski definition) is 4. The van der Waals surface area contributed by atoms with E-state index in [2.05, 4.69) is 13.5 Å². The van der Waals surface area contributed by atoms with Crippen LogP contribution < -0.4 is 0 Å². The standard InChI is InChI=1S/C16H26O4/c1-4-19-16(17)11(2)9-18-10-13-5-7-14(8-6-13)15-12(3)20-15/h12-15H,2,4-10H2,1,3H3. The first-order valence-corrected chi connectivity index (χ1v) is 7.70. The number of epoxide rings is 1. The highest BCUT2D eigenvalue weighted by atomic mass is 16.6. The third-order valence-corrected chi connectivity index (χ3v) is 4.31. The van der Waals surface area contributed by atoms with E-state index in [1.54, 1.807) is 6.92 Å². The van der Waals surface area contributed by atoms with E-state index in [4.69, 9.17) is 14.2 Å². The minimum absolute atomic E-state index is 0.279. The maximum absolute atomic E-state index is 11.4. The Morgan fingerprint density at radius 1 is 1.30 bits per heavy atom. The number of carbonyl (C=O) groups excluding carboxylic acids is 1. The molecule has 1 saturated heterocycles. The van der Waals surface area contributed by atoms with Gasteiger partial charge in [0.25, 0.3) is 0 Å². The maximum Gasteiger partial charge on any atom is 0.335 e. The summed E-state index contributed by atoms with van der Waals surface area (Å²) in [4.78, 5) is 11.4. The second-order valence-electron chi connectivity index (χ2n) is 5.93. The monoisotopic (exact) mass is 282 g/mol. The highest BCUT2D eigenvalue weighted by Crippen LogP contribution is 2.39. The third kappa shape index (κ3) is 4.32. The molecule has 20 heavy (non-hydrogen) atoms. The van der Waals surface area contributed by atoms with Crippen LogP contribution in [0.1, 0.15) is 39.5 Å². The molecule has 2 atom stereocenters. The van der Waals surface area contributed by atoms with Crippen LogP contribution in [0.4, 0.5) is 0 Å². The van der Waals surface area contributed by atoms with E-state index in [0.717, 1.165) is 5.92 Å². The summed E-state index contributed by atoms with van der Waals surface area (Å²) in [6.45, 7) is 9.00. The Morgan fingerprint density at radius 3 is 2.50 bits per heavy atom. The van der Waals surface area contributed by atoms with E-state index in [1.807, 2.05) is 0 Å². The Labute approximate surface area is 121 Å². The Bertz CT molecular complexity index is 344. The van der Waals surface area contributed by atoms with Gasteiger partial charge >= 0.3 is 5.97 Å². The number of rotatable bonds is 7. The largest absolute Gasteiger partial charge is 0.463 e. The van der Waals surface area contributed by atoms with E-state index in [1.165, 1.54) is 25.7 Å². The molecule has 2 fully saturated rings. The summed E-state index contributed by atoms with van der Waals surface area (Å²) in [5, 5.41) is 0. The zero-order valence-electron chi connectivity index (χ0n) is 12.6. The van der Waals surface area contributed by atoms with Crippen LogP contribution >= 0.6 is 0 Å². The molecule has 0 spiro atoms. The summed E-state index contributed by atoms with van der Waals surface area (Å²) in [5.41, 5.74) is 0.403. The highest BCUT2D eigenvalue weighted by molar-refractivity contribution is 5.87. The van der Waals surface area contributed by atoms with Gasteiger partial charge in [-0.05, 0) is 51.4 Å². The number of ether oxygens (including phenoxy) is 3. The van der Waals surface area contributed by atoms with Crippen molar-refractivity contribution in [2.75, 3.05) is 19.8 Å². The first-order valence-electron chi connectivity index (χ1n) is 7.70. The predicted molar refractivity (Wildman–Crippen MR) is 76.4 cm³/mol. The van der Waals surface area contributed by atoms with Crippen LogP contribution in [0, 0.1) is 11.8 Å². The van der Waals surface area contributed by atoms with Crippen molar-refractivity contribution in [1.29, 1.82) is 0 Å². The highest BCUT2D eigenvalue weighted by Gasteiger charge is 2.42. The van der Waals surface area contributed by atoms with Crippen LogP contribution in [-0.2, 0) is 19.0 Å². The molecule has 2 rings (SSSR count). The van der Waals surface area contributed by atoms with E-state index >= 15 is 0 Å². The Balaban J connectivity index is 1.57. The predicted octanol–water partition coefficient (Wildman–Crippen LogP) is 2.72. The second kappa shape index (κ2) is 7.23. The van der Waals surface area contributed by atoms with Gasteiger partial charge in [-0.15, -0.1) is 0 Å². The summed E-state index contributed by atoms with van der Waals surface area (Å²) in [5.74, 6) is 1.00. The number of carbonyl (C=O) groups is 1. The fraction of sp³-hybridized carbons (Fsp3) is 0.812. The fourth-order valence-electron chi connectivity index (χ4n) is 3.02. The van der Waals surface area contributed by atoms with Gasteiger partial charge in [0.2, 0.25) is 0 Å². The van der Waals surface area contributed by atoms with Gasteiger partial charge in [0.05, 0.1) is 31.0 Å². The molecular formula is C16H26O4. The first-order chi connectivity index (χ1) is 9.61. The zero-order valence-corrected chi connectivity index (χ0v) is 12.6. The molecule has 114 valence electrons. The van der Waals surface area contributed by atoms with Crippen LogP contribution in [0.2, 0.25) is 0 Å². The summed E-state index contributed by atoms with van der Waals surface area (Å²) in [7, 11) is 0. The van der Waals surface area contributed by atoms with Crippen LogP contribution in [0.3, 0.4) is 0 Å². The van der Waals surface area contributed by atoms with Crippen LogP contribution in [0.15, 0.2) is 12.2 Å². The fourth-order valence-corrected chi connectivity index (χ4v) is 3.02. The molecule has 4 nitrogen and oxygen atoms in total. The average molecular weight is 282 g/mol. The third-order valence-electron chi connectivity index (χ3n) is 4.31. The molecule has 4 heteroatoms. The lowest BCUT2D eigenvalue weighted by atomic mass is 9.80. The Morgan fingerprint density at radius 2 is 1.95 bits per heavy atom. The van der Waals surface area contributed by atoms with E-state index in [9.17, 15) is 4.79 Å². The molecule has 1 heterocycles. The first kappa shape index (κ1) is 15.5. The van der Waals surface area contributed by atoms with Crippen LogP contribution in [0.5, 0.6) is 0 Å². The molecule has 0 aromatic carbocycles. The lowest BCUT2D eigenvalue weighted by molar-refractivity contribution is -0.139. The molecule has 1 aliphatic heterocycles. The van der Waals surface area contributed by atoms with E-state index in [-0.39, 0.29) is 12.6 Å². The molecule has 0 bridgehead atoms. The quantitative estimate of drug-likeness (QED) is 0.409. The van der Waals surface area contributed by atoms with Gasteiger partial charge in [0.1, 0.15) is 0 Å². The molecule has 0 radical (unpaired) electrons. The number of hydrogen-bond donors (Lipinski definition) is 0. The molecule has 0 amide bonds. The van der Waals surface area contributed by atoms with Crippen molar-refractivity contribution in [1.82, 2.24) is 0 Å². The van der Waals surface area contributed by atoms with Gasteiger partial charge in [-0.25, -0.2) is 4.79 Å². The maximum atomic E-state index is 11.4. The summed E-state index contributed by atoms with van der Waals surface area (Å²) in [6.07, 6.45) is 5.86. The van der Waals surface area contributed by atoms with Crippen molar-refractivity contribution in [3.63, 3.8) is 0 Å². The lowest BCUT2D eigenvalue weighted by Gasteiger charge is -2.27. The van der Waals surface area contributed by atoms with E-state index in [0.29, 0.717) is 36.9 Å². The van der Waals surface area contributed by atoms with Gasteiger partial charge < -0.3 is 14.2 Å². The van der Waals surface area contributed by atoms with Gasteiger partial charge in [-0.3, -0.25) is 0 Å². The molecule has 1 aliphatic carbocycles. The van der Waals surface area contributed by atoms with Gasteiger partial charge in [0, 0.05) is 6.61 Å². The Kier molecular flexibility index (Phi) is 5.61. The average Bonchev–Trinajstić information content (AvgIpc) is 3.17.